The van der Waals surface area contributed by atoms with Gasteiger partial charge < -0.3 is 20.5 Å². The van der Waals surface area contributed by atoms with Gasteiger partial charge in [0.2, 0.25) is 0 Å². The van der Waals surface area contributed by atoms with Crippen LogP contribution in [0.1, 0.15) is 10.4 Å². The third-order valence-electron chi connectivity index (χ3n) is 2.79. The maximum atomic E-state index is 11.9. The number of rotatable bonds is 3. The second kappa shape index (κ2) is 6.95. The fourth-order valence-corrected chi connectivity index (χ4v) is 2.10. The number of hydrogen-bond donors (Lipinski definition) is 3. The van der Waals surface area contributed by atoms with Gasteiger partial charge in [0, 0.05) is 4.47 Å². The molecule has 0 spiro atoms. The molecule has 0 unspecified atom stereocenters. The maximum absolute atomic E-state index is 11.9. The molecular formula is C15H13BrN2O4. The number of hydrogen-bond acceptors (Lipinski definition) is 4. The summed E-state index contributed by atoms with van der Waals surface area (Å²) in [6, 6.07) is 10.7. The Balaban J connectivity index is 2.09. The van der Waals surface area contributed by atoms with Crippen LogP contribution < -0.4 is 10.6 Å². The number of carbonyl (C=O) groups is 2. The van der Waals surface area contributed by atoms with E-state index in [9.17, 15) is 14.7 Å². The van der Waals surface area contributed by atoms with Crippen LogP contribution >= 0.6 is 15.9 Å². The molecule has 0 aromatic heterocycles. The smallest absolute Gasteiger partial charge is 0.337 e. The van der Waals surface area contributed by atoms with Gasteiger partial charge in [-0.2, -0.15) is 0 Å². The number of methoxy groups -OCH3 is 1. The summed E-state index contributed by atoms with van der Waals surface area (Å²) < 4.78 is 5.28. The van der Waals surface area contributed by atoms with Crippen molar-refractivity contribution in [3.8, 4) is 5.75 Å². The minimum Gasteiger partial charge on any atom is -0.506 e. The summed E-state index contributed by atoms with van der Waals surface area (Å²) >= 11 is 3.31. The van der Waals surface area contributed by atoms with Crippen LogP contribution in [0, 0.1) is 0 Å². The second-order valence-electron chi connectivity index (χ2n) is 4.28. The van der Waals surface area contributed by atoms with Crippen molar-refractivity contribution in [2.75, 3.05) is 17.7 Å². The number of benzene rings is 2. The Labute approximate surface area is 135 Å². The Hall–Kier alpha value is -2.54. The molecule has 2 aromatic carbocycles. The highest BCUT2D eigenvalue weighted by molar-refractivity contribution is 9.10. The first-order valence-electron chi connectivity index (χ1n) is 6.25. The third kappa shape index (κ3) is 3.76. The number of halogens is 1. The van der Waals surface area contributed by atoms with Gasteiger partial charge in [0.1, 0.15) is 5.75 Å². The predicted molar refractivity (Wildman–Crippen MR) is 86.2 cm³/mol. The molecule has 3 N–H and O–H groups in total. The second-order valence-corrected chi connectivity index (χ2v) is 5.14. The van der Waals surface area contributed by atoms with Gasteiger partial charge in [-0.1, -0.05) is 12.1 Å². The fraction of sp³-hybridized carbons (Fsp3) is 0.0667. The van der Waals surface area contributed by atoms with Crippen molar-refractivity contribution in [1.82, 2.24) is 0 Å². The molecule has 0 saturated carbocycles. The van der Waals surface area contributed by atoms with E-state index >= 15 is 0 Å². The summed E-state index contributed by atoms with van der Waals surface area (Å²) in [4.78, 5) is 23.3. The Kier molecular flexibility index (Phi) is 5.00. The lowest BCUT2D eigenvalue weighted by atomic mass is 10.2. The maximum Gasteiger partial charge on any atom is 0.337 e. The van der Waals surface area contributed by atoms with Gasteiger partial charge in [0.05, 0.1) is 24.0 Å². The molecule has 0 saturated heterocycles. The lowest BCUT2D eigenvalue weighted by molar-refractivity contribution is 0.0600. The predicted octanol–water partition coefficient (Wildman–Crippen LogP) is 3.59. The van der Waals surface area contributed by atoms with Gasteiger partial charge in [-0.05, 0) is 46.3 Å². The van der Waals surface area contributed by atoms with Crippen LogP contribution in [0.3, 0.4) is 0 Å². The SMILES string of the molecule is COC(=O)c1ccc(NC(=O)Nc2ccccc2Br)c(O)c1. The van der Waals surface area contributed by atoms with Gasteiger partial charge in [0.15, 0.2) is 0 Å². The molecule has 0 aliphatic rings. The number of phenols is 1. The number of carbonyl (C=O) groups excluding carboxylic acids is 2. The summed E-state index contributed by atoms with van der Waals surface area (Å²) in [6.45, 7) is 0. The first-order chi connectivity index (χ1) is 10.5. The number of esters is 1. The van der Waals surface area contributed by atoms with Gasteiger partial charge in [0.25, 0.3) is 0 Å². The minimum atomic E-state index is -0.570. The Morgan fingerprint density at radius 2 is 1.77 bits per heavy atom. The molecule has 22 heavy (non-hydrogen) atoms. The van der Waals surface area contributed by atoms with Crippen LogP contribution in [-0.2, 0) is 4.74 Å². The van der Waals surface area contributed by atoms with E-state index in [1.165, 1.54) is 25.3 Å². The Morgan fingerprint density at radius 1 is 1.09 bits per heavy atom. The van der Waals surface area contributed by atoms with Crippen LogP contribution in [-0.4, -0.2) is 24.2 Å². The summed E-state index contributed by atoms with van der Waals surface area (Å²) in [5, 5.41) is 15.0. The molecule has 114 valence electrons. The van der Waals surface area contributed by atoms with Crippen LogP contribution in [0.25, 0.3) is 0 Å². The quantitative estimate of drug-likeness (QED) is 0.573. The van der Waals surface area contributed by atoms with Crippen molar-refractivity contribution in [2.24, 2.45) is 0 Å². The Morgan fingerprint density at radius 3 is 2.41 bits per heavy atom. The molecule has 2 amide bonds. The molecular weight excluding hydrogens is 352 g/mol. The average molecular weight is 365 g/mol. The molecule has 0 heterocycles. The summed E-state index contributed by atoms with van der Waals surface area (Å²) in [5.41, 5.74) is 0.958. The van der Waals surface area contributed by atoms with Gasteiger partial charge in [-0.25, -0.2) is 9.59 Å². The molecule has 0 aliphatic heterocycles. The van der Waals surface area contributed by atoms with Crippen molar-refractivity contribution in [3.05, 3.63) is 52.5 Å². The lowest BCUT2D eigenvalue weighted by Gasteiger charge is -2.10. The zero-order chi connectivity index (χ0) is 16.1. The van der Waals surface area contributed by atoms with Crippen molar-refractivity contribution < 1.29 is 19.4 Å². The van der Waals surface area contributed by atoms with E-state index in [0.29, 0.717) is 5.69 Å². The van der Waals surface area contributed by atoms with E-state index in [0.717, 1.165) is 4.47 Å². The van der Waals surface area contributed by atoms with Crippen molar-refractivity contribution in [3.63, 3.8) is 0 Å². The minimum absolute atomic E-state index is 0.178. The van der Waals surface area contributed by atoms with Crippen molar-refractivity contribution in [1.29, 1.82) is 0 Å². The van der Waals surface area contributed by atoms with Gasteiger partial charge >= 0.3 is 12.0 Å². The van der Waals surface area contributed by atoms with Crippen LogP contribution in [0.15, 0.2) is 46.9 Å². The number of aromatic hydroxyl groups is 1. The highest BCUT2D eigenvalue weighted by Crippen LogP contribution is 2.26. The highest BCUT2D eigenvalue weighted by Gasteiger charge is 2.12. The number of amides is 2. The van der Waals surface area contributed by atoms with Crippen molar-refractivity contribution >= 4 is 39.3 Å². The summed E-state index contributed by atoms with van der Waals surface area (Å²) in [7, 11) is 1.25. The zero-order valence-corrected chi connectivity index (χ0v) is 13.2. The van der Waals surface area contributed by atoms with E-state index in [1.807, 2.05) is 6.07 Å². The number of urea groups is 1. The van der Waals surface area contributed by atoms with E-state index in [1.54, 1.807) is 18.2 Å². The van der Waals surface area contributed by atoms with E-state index in [4.69, 9.17) is 0 Å². The molecule has 2 rings (SSSR count). The topological polar surface area (TPSA) is 87.7 Å². The van der Waals surface area contributed by atoms with Crippen LogP contribution in [0.5, 0.6) is 5.75 Å². The van der Waals surface area contributed by atoms with Gasteiger partial charge in [-0.3, -0.25) is 0 Å². The van der Waals surface area contributed by atoms with E-state index < -0.39 is 12.0 Å². The van der Waals surface area contributed by atoms with E-state index in [-0.39, 0.29) is 17.0 Å². The largest absolute Gasteiger partial charge is 0.506 e. The molecule has 7 heteroatoms. The molecule has 2 aromatic rings. The summed E-state index contributed by atoms with van der Waals surface area (Å²) in [6.07, 6.45) is 0. The van der Waals surface area contributed by atoms with Gasteiger partial charge in [-0.15, -0.1) is 0 Å². The number of para-hydroxylation sites is 1. The fourth-order valence-electron chi connectivity index (χ4n) is 1.72. The molecule has 0 bridgehead atoms. The Bertz CT molecular complexity index is 718. The highest BCUT2D eigenvalue weighted by atomic mass is 79.9. The number of nitrogens with one attached hydrogen (secondary N) is 2. The molecule has 0 fully saturated rings. The molecule has 0 atom stereocenters. The van der Waals surface area contributed by atoms with Crippen LogP contribution in [0.4, 0.5) is 16.2 Å². The monoisotopic (exact) mass is 364 g/mol. The number of anilines is 2. The molecule has 6 nitrogen and oxygen atoms in total. The lowest BCUT2D eigenvalue weighted by Crippen LogP contribution is -2.19. The van der Waals surface area contributed by atoms with Crippen LogP contribution in [0.2, 0.25) is 0 Å². The first kappa shape index (κ1) is 15.8. The average Bonchev–Trinajstić information content (AvgIpc) is 2.50. The summed E-state index contributed by atoms with van der Waals surface area (Å²) in [5.74, 6) is -0.801. The third-order valence-corrected chi connectivity index (χ3v) is 3.48. The molecule has 0 radical (unpaired) electrons. The normalized spacial score (nSPS) is 9.91. The number of ether oxygens (including phenoxy) is 1. The standard InChI is InChI=1S/C15H13BrN2O4/c1-22-14(20)9-6-7-12(13(19)8-9)18-15(21)17-11-5-3-2-4-10(11)16/h2-8,19H,1H3,(H2,17,18,21). The zero-order valence-electron chi connectivity index (χ0n) is 11.6. The molecule has 0 aliphatic carbocycles. The van der Waals surface area contributed by atoms with Crippen molar-refractivity contribution in [2.45, 2.75) is 0 Å². The number of phenolic OH excluding ortho intramolecular Hbond substituents is 1. The van der Waals surface area contributed by atoms with E-state index in [2.05, 4.69) is 31.3 Å². The first-order valence-corrected chi connectivity index (χ1v) is 7.04.